The van der Waals surface area contributed by atoms with E-state index >= 15 is 0 Å². The zero-order chi connectivity index (χ0) is 18.0. The third-order valence-corrected chi connectivity index (χ3v) is 4.52. The Morgan fingerprint density at radius 2 is 2.21 bits per heavy atom. The van der Waals surface area contributed by atoms with Crippen LogP contribution in [-0.2, 0) is 9.53 Å². The Morgan fingerprint density at radius 1 is 1.50 bits per heavy atom. The molecule has 2 atom stereocenters. The Hall–Kier alpha value is -1.38. The number of rotatable bonds is 4. The lowest BCUT2D eigenvalue weighted by Gasteiger charge is -2.44. The number of piperidine rings is 1. The number of methoxy groups -OCH3 is 1. The summed E-state index contributed by atoms with van der Waals surface area (Å²) in [6.07, 6.45) is -2.93. The van der Waals surface area contributed by atoms with Gasteiger partial charge in [0, 0.05) is 19.9 Å². The van der Waals surface area contributed by atoms with Crippen molar-refractivity contribution in [1.29, 1.82) is 0 Å². The number of alkyl halides is 3. The van der Waals surface area contributed by atoms with Gasteiger partial charge in [-0.15, -0.1) is 0 Å². The number of halogens is 4. The van der Waals surface area contributed by atoms with Gasteiger partial charge in [-0.2, -0.15) is 13.2 Å². The van der Waals surface area contributed by atoms with E-state index in [1.54, 1.807) is 13.0 Å². The molecule has 1 aliphatic heterocycles. The minimum absolute atomic E-state index is 0.115. The van der Waals surface area contributed by atoms with E-state index in [0.717, 1.165) is 7.11 Å². The topological polar surface area (TPSA) is 54.5 Å². The zero-order valence-corrected chi connectivity index (χ0v) is 14.1. The average molecular weight is 366 g/mol. The molecule has 2 heterocycles. The van der Waals surface area contributed by atoms with Gasteiger partial charge in [0.1, 0.15) is 5.82 Å². The van der Waals surface area contributed by atoms with Gasteiger partial charge in [-0.1, -0.05) is 11.6 Å². The number of likely N-dealkylation sites (tertiary alicyclic amines) is 1. The van der Waals surface area contributed by atoms with Gasteiger partial charge in [-0.25, -0.2) is 4.98 Å². The molecule has 0 aliphatic carbocycles. The average Bonchev–Trinajstić information content (AvgIpc) is 2.55. The summed E-state index contributed by atoms with van der Waals surface area (Å²) in [6.45, 7) is 1.58. The predicted molar refractivity (Wildman–Crippen MR) is 83.9 cm³/mol. The third-order valence-electron chi connectivity index (χ3n) is 4.30. The van der Waals surface area contributed by atoms with Crippen LogP contribution >= 0.6 is 11.6 Å². The number of ether oxygens (including phenoxy) is 1. The molecular weight excluding hydrogens is 347 g/mol. The number of hydrogen-bond acceptors (Lipinski definition) is 4. The van der Waals surface area contributed by atoms with Gasteiger partial charge in [-0.05, 0) is 38.4 Å². The Labute approximate surface area is 143 Å². The molecule has 0 radical (unpaired) electrons. The molecule has 0 bridgehead atoms. The fourth-order valence-electron chi connectivity index (χ4n) is 2.74. The number of carbonyl (C=O) groups excluding carboxylic acids is 1. The molecule has 1 aliphatic rings. The highest BCUT2D eigenvalue weighted by molar-refractivity contribution is 6.30. The van der Waals surface area contributed by atoms with Crippen LogP contribution in [0.15, 0.2) is 18.3 Å². The van der Waals surface area contributed by atoms with Gasteiger partial charge in [0.05, 0.1) is 11.1 Å². The highest BCUT2D eigenvalue weighted by atomic mass is 35.5. The van der Waals surface area contributed by atoms with Crippen LogP contribution in [0.5, 0.6) is 0 Å². The summed E-state index contributed by atoms with van der Waals surface area (Å²) in [7, 11) is 1.05. The van der Waals surface area contributed by atoms with E-state index in [2.05, 4.69) is 10.3 Å². The van der Waals surface area contributed by atoms with Gasteiger partial charge < -0.3 is 10.1 Å². The summed E-state index contributed by atoms with van der Waals surface area (Å²) in [5.74, 6) is -0.138. The quantitative estimate of drug-likeness (QED) is 0.890. The minimum atomic E-state index is -4.49. The van der Waals surface area contributed by atoms with Crippen LogP contribution in [0, 0.1) is 0 Å². The van der Waals surface area contributed by atoms with Gasteiger partial charge in [0.25, 0.3) is 0 Å². The van der Waals surface area contributed by atoms with Crippen LogP contribution in [0.1, 0.15) is 19.8 Å². The van der Waals surface area contributed by atoms with E-state index in [4.69, 9.17) is 16.3 Å². The fraction of sp³-hybridized carbons (Fsp3) is 0.600. The maximum Gasteiger partial charge on any atom is 0.418 e. The molecule has 9 heteroatoms. The lowest BCUT2D eigenvalue weighted by molar-refractivity contribution is -0.284. The molecule has 0 aromatic carbocycles. The summed E-state index contributed by atoms with van der Waals surface area (Å²) >= 11 is 5.72. The van der Waals surface area contributed by atoms with Crippen molar-refractivity contribution in [1.82, 2.24) is 9.88 Å². The van der Waals surface area contributed by atoms with Gasteiger partial charge in [0.15, 0.2) is 5.60 Å². The first-order valence-corrected chi connectivity index (χ1v) is 7.85. The molecule has 5 nitrogen and oxygen atoms in total. The van der Waals surface area contributed by atoms with Crippen molar-refractivity contribution < 1.29 is 22.7 Å². The molecule has 1 saturated heterocycles. The zero-order valence-electron chi connectivity index (χ0n) is 13.4. The molecule has 0 spiro atoms. The molecule has 2 rings (SSSR count). The van der Waals surface area contributed by atoms with E-state index < -0.39 is 23.7 Å². The second kappa shape index (κ2) is 7.25. The van der Waals surface area contributed by atoms with Crippen LogP contribution in [0.4, 0.5) is 19.0 Å². The maximum absolute atomic E-state index is 13.3. The predicted octanol–water partition coefficient (Wildman–Crippen LogP) is 3.11. The first-order valence-electron chi connectivity index (χ1n) is 7.47. The molecule has 0 saturated carbocycles. The summed E-state index contributed by atoms with van der Waals surface area (Å²) in [6, 6.07) is 2.34. The summed E-state index contributed by atoms with van der Waals surface area (Å²) in [4.78, 5) is 17.7. The summed E-state index contributed by atoms with van der Waals surface area (Å²) < 4.78 is 44.8. The minimum Gasteiger partial charge on any atom is -0.367 e. The summed E-state index contributed by atoms with van der Waals surface area (Å²) in [5.41, 5.74) is -2.24. The fourth-order valence-corrected chi connectivity index (χ4v) is 2.86. The van der Waals surface area contributed by atoms with Crippen molar-refractivity contribution in [3.63, 3.8) is 0 Å². The van der Waals surface area contributed by atoms with Crippen molar-refractivity contribution >= 4 is 23.3 Å². The first kappa shape index (κ1) is 19.0. The molecule has 1 N–H and O–H groups in total. The van der Waals surface area contributed by atoms with Crippen molar-refractivity contribution in [2.75, 3.05) is 25.5 Å². The van der Waals surface area contributed by atoms with E-state index in [9.17, 15) is 18.0 Å². The number of amides is 1. The molecule has 0 unspecified atom stereocenters. The second-order valence-electron chi connectivity index (χ2n) is 5.80. The van der Waals surface area contributed by atoms with Gasteiger partial charge in [0.2, 0.25) is 5.91 Å². The highest BCUT2D eigenvalue weighted by Gasteiger charge is 2.57. The van der Waals surface area contributed by atoms with E-state index in [1.807, 2.05) is 0 Å². The smallest absolute Gasteiger partial charge is 0.367 e. The Balaban J connectivity index is 2.06. The second-order valence-corrected chi connectivity index (χ2v) is 6.23. The van der Waals surface area contributed by atoms with Crippen molar-refractivity contribution in [2.45, 2.75) is 37.6 Å². The number of carbonyl (C=O) groups is 1. The largest absolute Gasteiger partial charge is 0.418 e. The van der Waals surface area contributed by atoms with Crippen molar-refractivity contribution in [3.05, 3.63) is 23.4 Å². The van der Waals surface area contributed by atoms with Crippen molar-refractivity contribution in [2.24, 2.45) is 0 Å². The number of nitrogens with one attached hydrogen (secondary N) is 1. The maximum atomic E-state index is 13.3. The van der Waals surface area contributed by atoms with Crippen molar-refractivity contribution in [3.8, 4) is 0 Å². The normalized spacial score (nSPS) is 23.8. The molecule has 1 aromatic heterocycles. The molecule has 24 heavy (non-hydrogen) atoms. The first-order chi connectivity index (χ1) is 11.2. The number of anilines is 1. The molecule has 1 fully saturated rings. The molecule has 1 aromatic rings. The van der Waals surface area contributed by atoms with Crippen LogP contribution in [0.3, 0.4) is 0 Å². The molecule has 1 amide bonds. The van der Waals surface area contributed by atoms with E-state index in [1.165, 1.54) is 17.2 Å². The number of hydrogen-bond donors (Lipinski definition) is 1. The Morgan fingerprint density at radius 3 is 2.75 bits per heavy atom. The lowest BCUT2D eigenvalue weighted by atomic mass is 9.91. The van der Waals surface area contributed by atoms with Gasteiger partial charge in [-0.3, -0.25) is 9.69 Å². The van der Waals surface area contributed by atoms with Crippen LogP contribution in [0.2, 0.25) is 5.02 Å². The standard InChI is InChI=1S/C15H19ClF3N3O2/c1-10(13(23)21-12-5-4-11(16)8-20-12)22-7-3-6-14(9-22,24-2)15(17,18)19/h4-5,8,10H,3,6-7,9H2,1-2H3,(H,20,21,23)/t10-,14+/m0/s1. The van der Waals surface area contributed by atoms with Crippen LogP contribution in [-0.4, -0.2) is 53.8 Å². The lowest BCUT2D eigenvalue weighted by Crippen LogP contribution is -2.61. The molecule has 134 valence electrons. The SMILES string of the molecule is CO[C@]1(C(F)(F)F)CCCN([C@@H](C)C(=O)Nc2ccc(Cl)cn2)C1. The van der Waals surface area contributed by atoms with Crippen LogP contribution < -0.4 is 5.32 Å². The monoisotopic (exact) mass is 365 g/mol. The number of pyridine rings is 1. The highest BCUT2D eigenvalue weighted by Crippen LogP contribution is 2.40. The van der Waals surface area contributed by atoms with E-state index in [-0.39, 0.29) is 13.0 Å². The van der Waals surface area contributed by atoms with Gasteiger partial charge >= 0.3 is 6.18 Å². The molecular formula is C15H19ClF3N3O2. The van der Waals surface area contributed by atoms with Crippen LogP contribution in [0.25, 0.3) is 0 Å². The van der Waals surface area contributed by atoms with E-state index in [0.29, 0.717) is 23.8 Å². The Bertz CT molecular complexity index is 582. The summed E-state index contributed by atoms with van der Waals surface area (Å²) in [5, 5.41) is 3.00. The number of nitrogens with zero attached hydrogens (tertiary/aromatic N) is 2. The third kappa shape index (κ3) is 3.99. The number of aromatic nitrogens is 1. The Kier molecular flexibility index (Phi) is 5.72.